The number of carbonyl (C=O) groups is 1. The molecular weight excluding hydrogens is 396 g/mol. The van der Waals surface area contributed by atoms with Crippen LogP contribution in [0.15, 0.2) is 24.3 Å². The zero-order chi connectivity index (χ0) is 16.7. The molecule has 1 aromatic heterocycles. The number of thiazole rings is 1. The van der Waals surface area contributed by atoms with Crippen molar-refractivity contribution < 1.29 is 4.79 Å². The van der Waals surface area contributed by atoms with E-state index >= 15 is 0 Å². The predicted octanol–water partition coefficient (Wildman–Crippen LogP) is 4.70. The van der Waals surface area contributed by atoms with Gasteiger partial charge in [-0.1, -0.05) is 42.7 Å². The molecule has 2 aliphatic carbocycles. The average Bonchev–Trinajstić information content (AvgIpc) is 2.88. The minimum atomic E-state index is 0. The summed E-state index contributed by atoms with van der Waals surface area (Å²) in [6, 6.07) is 7.76. The first kappa shape index (κ1) is 18.6. The second kappa shape index (κ2) is 7.58. The molecule has 1 fully saturated rings. The number of rotatable bonds is 3. The third kappa shape index (κ3) is 3.68. The first-order valence-electron chi connectivity index (χ1n) is 8.97. The van der Waals surface area contributed by atoms with Crippen molar-refractivity contribution in [1.29, 1.82) is 5.41 Å². The van der Waals surface area contributed by atoms with Gasteiger partial charge in [0.1, 0.15) is 0 Å². The van der Waals surface area contributed by atoms with Crippen LogP contribution < -0.4 is 4.80 Å². The van der Waals surface area contributed by atoms with Gasteiger partial charge in [0, 0.05) is 16.1 Å². The number of hydrogen-bond acceptors (Lipinski definition) is 3. The van der Waals surface area contributed by atoms with E-state index in [9.17, 15) is 4.79 Å². The van der Waals surface area contributed by atoms with E-state index in [4.69, 9.17) is 5.41 Å². The van der Waals surface area contributed by atoms with E-state index in [1.165, 1.54) is 36.3 Å². The summed E-state index contributed by atoms with van der Waals surface area (Å²) in [6.07, 6.45) is 7.56. The van der Waals surface area contributed by atoms with Gasteiger partial charge < -0.3 is 4.57 Å². The van der Waals surface area contributed by atoms with Crippen LogP contribution in [0.5, 0.6) is 0 Å². The number of carbonyl (C=O) groups excluding carboxylic acids is 1. The Hall–Kier alpha value is -1.20. The molecule has 0 saturated heterocycles. The molecule has 5 heteroatoms. The Balaban J connectivity index is 0.00000182. The summed E-state index contributed by atoms with van der Waals surface area (Å²) in [7, 11) is 0. The van der Waals surface area contributed by atoms with Gasteiger partial charge in [0.15, 0.2) is 10.6 Å². The Labute approximate surface area is 163 Å². The molecule has 2 aliphatic rings. The standard InChI is InChI=1S/C20H24N2OS.BrH/c1-13-6-8-14(9-7-13)18(23)12-22-17-10-15-4-2-3-5-16(15)11-19(17)24-20(22)21;/h6-9,15-16,21H,2-5,10-12H2,1H3;1H. The Morgan fingerprint density at radius 2 is 1.80 bits per heavy atom. The molecular formula is C20H25BrN2OS. The maximum absolute atomic E-state index is 12.6. The molecule has 2 atom stereocenters. The van der Waals surface area contributed by atoms with Crippen molar-refractivity contribution in [2.75, 3.05) is 0 Å². The third-order valence-electron chi connectivity index (χ3n) is 5.76. The number of benzene rings is 1. The monoisotopic (exact) mass is 420 g/mol. The Bertz CT molecular complexity index is 821. The Morgan fingerprint density at radius 1 is 1.16 bits per heavy atom. The van der Waals surface area contributed by atoms with Crippen LogP contribution in [-0.4, -0.2) is 10.4 Å². The molecule has 134 valence electrons. The number of ketones is 1. The fraction of sp³-hybridized carbons (Fsp3) is 0.500. The number of nitrogens with one attached hydrogen (secondary N) is 1. The minimum Gasteiger partial charge on any atom is -0.313 e. The summed E-state index contributed by atoms with van der Waals surface area (Å²) in [4.78, 5) is 14.5. The topological polar surface area (TPSA) is 45.9 Å². The van der Waals surface area contributed by atoms with Crippen molar-refractivity contribution in [2.24, 2.45) is 11.8 Å². The molecule has 2 aromatic rings. The molecule has 2 unspecified atom stereocenters. The van der Waals surface area contributed by atoms with Crippen LogP contribution in [0.4, 0.5) is 0 Å². The van der Waals surface area contributed by atoms with Crippen LogP contribution in [0, 0.1) is 24.2 Å². The van der Waals surface area contributed by atoms with E-state index in [1.807, 2.05) is 35.8 Å². The van der Waals surface area contributed by atoms with E-state index in [2.05, 4.69) is 0 Å². The first-order valence-corrected chi connectivity index (χ1v) is 9.79. The number of aryl methyl sites for hydroxylation is 1. The third-order valence-corrected chi connectivity index (χ3v) is 6.82. The summed E-state index contributed by atoms with van der Waals surface area (Å²) in [5, 5.41) is 8.35. The lowest BCUT2D eigenvalue weighted by Gasteiger charge is -2.35. The lowest BCUT2D eigenvalue weighted by molar-refractivity contribution is 0.0968. The molecule has 0 aliphatic heterocycles. The van der Waals surface area contributed by atoms with Crippen molar-refractivity contribution in [3.05, 3.63) is 50.8 Å². The smallest absolute Gasteiger partial charge is 0.182 e. The fourth-order valence-electron chi connectivity index (χ4n) is 4.34. The van der Waals surface area contributed by atoms with Crippen LogP contribution in [-0.2, 0) is 19.4 Å². The highest BCUT2D eigenvalue weighted by Gasteiger charge is 2.33. The van der Waals surface area contributed by atoms with E-state index in [1.54, 1.807) is 11.3 Å². The summed E-state index contributed by atoms with van der Waals surface area (Å²) in [5.41, 5.74) is 3.18. The van der Waals surface area contributed by atoms with Gasteiger partial charge in [-0.15, -0.1) is 28.3 Å². The molecule has 0 amide bonds. The fourth-order valence-corrected chi connectivity index (χ4v) is 5.46. The van der Waals surface area contributed by atoms with Gasteiger partial charge in [-0.25, -0.2) is 0 Å². The van der Waals surface area contributed by atoms with Crippen LogP contribution in [0.1, 0.15) is 52.2 Å². The van der Waals surface area contributed by atoms with Gasteiger partial charge in [-0.3, -0.25) is 10.2 Å². The van der Waals surface area contributed by atoms with Crippen molar-refractivity contribution in [2.45, 2.75) is 52.0 Å². The zero-order valence-corrected chi connectivity index (χ0v) is 17.1. The van der Waals surface area contributed by atoms with E-state index in [0.29, 0.717) is 11.3 Å². The molecule has 3 nitrogen and oxygen atoms in total. The van der Waals surface area contributed by atoms with Gasteiger partial charge in [-0.2, -0.15) is 0 Å². The molecule has 0 radical (unpaired) electrons. The predicted molar refractivity (Wildman–Crippen MR) is 107 cm³/mol. The van der Waals surface area contributed by atoms with Crippen molar-refractivity contribution >= 4 is 34.1 Å². The minimum absolute atomic E-state index is 0. The summed E-state index contributed by atoms with van der Waals surface area (Å²) < 4.78 is 1.98. The average molecular weight is 421 g/mol. The lowest BCUT2D eigenvalue weighted by atomic mass is 9.72. The van der Waals surface area contributed by atoms with Gasteiger partial charge in [0.25, 0.3) is 0 Å². The maximum Gasteiger partial charge on any atom is 0.182 e. The molecule has 0 spiro atoms. The second-order valence-electron chi connectivity index (χ2n) is 7.37. The zero-order valence-electron chi connectivity index (χ0n) is 14.6. The van der Waals surface area contributed by atoms with Gasteiger partial charge in [0.2, 0.25) is 0 Å². The number of fused-ring (bicyclic) bond motifs is 2. The lowest BCUT2D eigenvalue weighted by Crippen LogP contribution is -2.30. The van der Waals surface area contributed by atoms with Crippen molar-refractivity contribution in [1.82, 2.24) is 4.57 Å². The largest absolute Gasteiger partial charge is 0.313 e. The highest BCUT2D eigenvalue weighted by Crippen LogP contribution is 2.40. The van der Waals surface area contributed by atoms with Crippen LogP contribution >= 0.6 is 28.3 Å². The molecule has 1 N–H and O–H groups in total. The first-order chi connectivity index (χ1) is 11.6. The van der Waals surface area contributed by atoms with E-state index < -0.39 is 0 Å². The maximum atomic E-state index is 12.6. The van der Waals surface area contributed by atoms with Crippen LogP contribution in [0.3, 0.4) is 0 Å². The van der Waals surface area contributed by atoms with E-state index in [-0.39, 0.29) is 22.8 Å². The number of nitrogens with zero attached hydrogens (tertiary/aromatic N) is 1. The van der Waals surface area contributed by atoms with Gasteiger partial charge in [-0.05, 0) is 44.4 Å². The Kier molecular flexibility index (Phi) is 5.64. The van der Waals surface area contributed by atoms with Crippen LogP contribution in [0.25, 0.3) is 0 Å². The highest BCUT2D eigenvalue weighted by atomic mass is 79.9. The van der Waals surface area contributed by atoms with E-state index in [0.717, 1.165) is 35.8 Å². The van der Waals surface area contributed by atoms with Gasteiger partial charge in [0.05, 0.1) is 6.54 Å². The quantitative estimate of drug-likeness (QED) is 0.718. The Morgan fingerprint density at radius 3 is 2.48 bits per heavy atom. The normalized spacial score (nSPS) is 21.8. The summed E-state index contributed by atoms with van der Waals surface area (Å²) >= 11 is 1.59. The summed E-state index contributed by atoms with van der Waals surface area (Å²) in [6.45, 7) is 2.34. The number of hydrogen-bond donors (Lipinski definition) is 1. The van der Waals surface area contributed by atoms with Crippen LogP contribution in [0.2, 0.25) is 0 Å². The molecule has 1 aromatic carbocycles. The number of Topliss-reactive ketones (excluding diaryl/α,β-unsaturated/α-hetero) is 1. The molecule has 1 heterocycles. The number of aromatic nitrogens is 1. The number of halogens is 1. The molecule has 1 saturated carbocycles. The summed E-state index contributed by atoms with van der Waals surface area (Å²) in [5.74, 6) is 1.69. The molecule has 25 heavy (non-hydrogen) atoms. The van der Waals surface area contributed by atoms with Gasteiger partial charge >= 0.3 is 0 Å². The SMILES string of the molecule is Br.Cc1ccc(C(=O)Cn2c3c(sc2=N)CC2CCCCC2C3)cc1. The van der Waals surface area contributed by atoms with Crippen molar-refractivity contribution in [3.63, 3.8) is 0 Å². The second-order valence-corrected chi connectivity index (χ2v) is 8.45. The molecule has 4 rings (SSSR count). The highest BCUT2D eigenvalue weighted by molar-refractivity contribution is 8.93. The van der Waals surface area contributed by atoms with Crippen molar-refractivity contribution in [3.8, 4) is 0 Å². The molecule has 0 bridgehead atoms.